The molecule has 0 fully saturated rings. The average molecular weight is 1080 g/mol. The Morgan fingerprint density at radius 3 is 1.28 bits per heavy atom. The molecule has 82 heavy (non-hydrogen) atoms. The topological polar surface area (TPSA) is 19.6 Å². The molecule has 2 aliphatic heterocycles. The van der Waals surface area contributed by atoms with Crippen molar-refractivity contribution in [3.8, 4) is 22.3 Å². The summed E-state index contributed by atoms with van der Waals surface area (Å²) in [6.07, 6.45) is 9.27. The third kappa shape index (κ3) is 7.94. The number of nitrogens with zero attached hydrogens (tertiary/aromatic N) is 2. The Balaban J connectivity index is 1.19. The van der Waals surface area contributed by atoms with Gasteiger partial charge in [0.05, 0.1) is 22.7 Å². The zero-order chi connectivity index (χ0) is 57.7. The van der Waals surface area contributed by atoms with Gasteiger partial charge in [-0.15, -0.1) is 0 Å². The van der Waals surface area contributed by atoms with Gasteiger partial charge in [0, 0.05) is 33.6 Å². The molecule has 2 atom stereocenters. The molecule has 3 nitrogen and oxygen atoms in total. The maximum Gasteiger partial charge on any atom is 0.297 e. The van der Waals surface area contributed by atoms with Crippen LogP contribution in [0.5, 0.6) is 0 Å². The van der Waals surface area contributed by atoms with Gasteiger partial charge in [-0.2, -0.15) is 0 Å². The molecule has 0 N–H and O–H groups in total. The van der Waals surface area contributed by atoms with Crippen LogP contribution in [0, 0.1) is 0 Å². The minimum absolute atomic E-state index is 0.0126. The van der Waals surface area contributed by atoms with Crippen LogP contribution in [0.2, 0.25) is 0 Å². The van der Waals surface area contributed by atoms with Crippen LogP contribution in [0.3, 0.4) is 0 Å². The summed E-state index contributed by atoms with van der Waals surface area (Å²) in [6, 6.07) is 49.1. The van der Waals surface area contributed by atoms with Crippen molar-refractivity contribution >= 4 is 68.4 Å². The molecule has 0 amide bonds. The fourth-order valence-electron chi connectivity index (χ4n) is 16.5. The summed E-state index contributed by atoms with van der Waals surface area (Å²) in [4.78, 5) is 5.56. The lowest BCUT2D eigenvalue weighted by molar-refractivity contribution is 0.332. The van der Waals surface area contributed by atoms with E-state index in [-0.39, 0.29) is 44.6 Å². The lowest BCUT2D eigenvalue weighted by Crippen LogP contribution is -2.61. The van der Waals surface area contributed by atoms with Crippen LogP contribution < -0.4 is 26.4 Å². The lowest BCUT2D eigenvalue weighted by Gasteiger charge is -2.48. The second-order valence-corrected chi connectivity index (χ2v) is 31.8. The van der Waals surface area contributed by atoms with E-state index in [1.807, 2.05) is 0 Å². The quantitative estimate of drug-likeness (QED) is 0.164. The largest absolute Gasteiger partial charge is 0.468 e. The fourth-order valence-corrected chi connectivity index (χ4v) is 16.5. The van der Waals surface area contributed by atoms with E-state index in [0.29, 0.717) is 11.8 Å². The number of hydrogen-bond acceptors (Lipinski definition) is 3. The molecule has 0 saturated heterocycles. The van der Waals surface area contributed by atoms with E-state index in [1.165, 1.54) is 136 Å². The van der Waals surface area contributed by atoms with Gasteiger partial charge in [0.15, 0.2) is 0 Å². The highest BCUT2D eigenvalue weighted by atomic mass is 16.3. The Hall–Kier alpha value is -6.26. The van der Waals surface area contributed by atoms with E-state index in [0.717, 1.165) is 49.8 Å². The Bertz CT molecular complexity index is 3970. The fraction of sp³-hybridized carbons (Fsp3) is 0.436. The minimum Gasteiger partial charge on any atom is -0.468 e. The smallest absolute Gasteiger partial charge is 0.297 e. The standard InChI is InChI=1S/C78H89BN2O/c1-46-28-29-47(2)52-41-68-55(38-51(46)52)70-71(82-68)79-62-42-58-61(78(16,17)35-32-75(58,10)11)45-65(62)80(63-43-59-56(73(6,7)30-33-76(59,12)13)39-53(63)48-24-20-18-21-25-48)66-36-50(72(3,4)5)37-67(69(66)79)81(70)64-44-60-57(74(8,9)31-34-77(60,14)15)40-54(64)49-26-22-19-23-27-49/h18-27,36-47H,28-35H2,1-17H3. The van der Waals surface area contributed by atoms with Crippen molar-refractivity contribution in [1.82, 2.24) is 0 Å². The summed E-state index contributed by atoms with van der Waals surface area (Å²) in [5.41, 5.74) is 30.3. The number of furan rings is 1. The highest BCUT2D eigenvalue weighted by Gasteiger charge is 2.51. The van der Waals surface area contributed by atoms with Gasteiger partial charge in [-0.3, -0.25) is 0 Å². The number of hydrogen-bond donors (Lipinski definition) is 0. The van der Waals surface area contributed by atoms with Gasteiger partial charge in [0.25, 0.3) is 6.71 Å². The van der Waals surface area contributed by atoms with E-state index < -0.39 is 0 Å². The summed E-state index contributed by atoms with van der Waals surface area (Å²) in [5, 5.41) is 1.23. The normalized spacial score (nSPS) is 21.8. The SMILES string of the molecule is CC1CCC(C)c2cc3c4c(oc3cc21)B1c2cc3c(cc2N(c2cc5c(cc2-c2ccccc2)C(C)(C)CCC5(C)C)c2cc(C(C)(C)C)cc(c21)N4c1cc2c(cc1-c1ccccc1)C(C)(C)CCC2(C)C)C(C)(C)CCC3(C)C. The molecule has 14 rings (SSSR count). The van der Waals surface area contributed by atoms with Gasteiger partial charge in [-0.25, -0.2) is 0 Å². The highest BCUT2D eigenvalue weighted by molar-refractivity contribution is 7.00. The molecule has 4 heteroatoms. The third-order valence-electron chi connectivity index (χ3n) is 22.4. The minimum atomic E-state index is -0.196. The molecule has 0 saturated carbocycles. The van der Waals surface area contributed by atoms with Crippen LogP contribution in [0.25, 0.3) is 33.2 Å². The first-order valence-electron chi connectivity index (χ1n) is 31.6. The van der Waals surface area contributed by atoms with Crippen molar-refractivity contribution < 1.29 is 4.42 Å². The molecule has 3 heterocycles. The summed E-state index contributed by atoms with van der Waals surface area (Å²) in [5.74, 6) is 0.929. The van der Waals surface area contributed by atoms with Gasteiger partial charge >= 0.3 is 0 Å². The monoisotopic (exact) mass is 1080 g/mol. The van der Waals surface area contributed by atoms with Crippen LogP contribution in [0.15, 0.2) is 126 Å². The highest BCUT2D eigenvalue weighted by Crippen LogP contribution is 2.58. The van der Waals surface area contributed by atoms with Crippen LogP contribution in [-0.4, -0.2) is 6.71 Å². The van der Waals surface area contributed by atoms with Crippen molar-refractivity contribution in [2.75, 3.05) is 9.80 Å². The van der Waals surface area contributed by atoms with Crippen LogP contribution in [-0.2, 0) is 37.9 Å². The number of anilines is 6. The van der Waals surface area contributed by atoms with Gasteiger partial charge in [0.1, 0.15) is 5.58 Å². The number of benzene rings is 7. The third-order valence-corrected chi connectivity index (χ3v) is 22.4. The molecule has 7 aromatic carbocycles. The molecule has 1 aromatic heterocycles. The Morgan fingerprint density at radius 2 is 0.829 bits per heavy atom. The van der Waals surface area contributed by atoms with Crippen LogP contribution in [0.4, 0.5) is 34.1 Å². The first-order valence-corrected chi connectivity index (χ1v) is 31.6. The van der Waals surface area contributed by atoms with Gasteiger partial charge in [-0.1, -0.05) is 184 Å². The van der Waals surface area contributed by atoms with E-state index in [2.05, 4.69) is 249 Å². The van der Waals surface area contributed by atoms with E-state index in [9.17, 15) is 0 Å². The predicted molar refractivity (Wildman–Crippen MR) is 352 cm³/mol. The maximum absolute atomic E-state index is 7.96. The summed E-state index contributed by atoms with van der Waals surface area (Å²) in [6.45, 7) is 42.0. The number of fused-ring (bicyclic) bond motifs is 10. The second-order valence-electron chi connectivity index (χ2n) is 31.8. The first-order chi connectivity index (χ1) is 38.6. The van der Waals surface area contributed by atoms with Crippen molar-refractivity contribution in [3.05, 3.63) is 171 Å². The zero-order valence-corrected chi connectivity index (χ0v) is 52.7. The Morgan fingerprint density at radius 1 is 0.439 bits per heavy atom. The molecular weight excluding hydrogens is 992 g/mol. The van der Waals surface area contributed by atoms with Gasteiger partial charge in [0.2, 0.25) is 0 Å². The zero-order valence-electron chi connectivity index (χ0n) is 52.7. The molecule has 2 unspecified atom stereocenters. The van der Waals surface area contributed by atoms with Gasteiger partial charge in [-0.05, 0) is 228 Å². The van der Waals surface area contributed by atoms with Crippen LogP contribution >= 0.6 is 0 Å². The summed E-state index contributed by atoms with van der Waals surface area (Å²) < 4.78 is 7.96. The van der Waals surface area contributed by atoms with E-state index in [4.69, 9.17) is 4.42 Å². The molecule has 6 aliphatic rings. The molecule has 0 spiro atoms. The predicted octanol–water partition coefficient (Wildman–Crippen LogP) is 20.2. The maximum atomic E-state index is 7.96. The first kappa shape index (κ1) is 53.7. The summed E-state index contributed by atoms with van der Waals surface area (Å²) >= 11 is 0. The molecule has 0 bridgehead atoms. The Labute approximate surface area is 492 Å². The van der Waals surface area contributed by atoms with Crippen molar-refractivity contribution in [1.29, 1.82) is 0 Å². The Kier molecular flexibility index (Phi) is 11.6. The molecular formula is C78H89BN2O. The summed E-state index contributed by atoms with van der Waals surface area (Å²) in [7, 11) is 0. The number of rotatable bonds is 4. The van der Waals surface area contributed by atoms with E-state index >= 15 is 0 Å². The van der Waals surface area contributed by atoms with Crippen molar-refractivity contribution in [2.45, 2.75) is 219 Å². The second kappa shape index (κ2) is 17.7. The molecule has 420 valence electrons. The van der Waals surface area contributed by atoms with Crippen molar-refractivity contribution in [2.24, 2.45) is 0 Å². The lowest BCUT2D eigenvalue weighted by atomic mass is 9.35. The molecule has 4 aliphatic carbocycles. The average Bonchev–Trinajstić information content (AvgIpc) is 1.27. The van der Waals surface area contributed by atoms with Gasteiger partial charge < -0.3 is 14.2 Å². The molecule has 8 aromatic rings. The van der Waals surface area contributed by atoms with E-state index in [1.54, 1.807) is 0 Å². The van der Waals surface area contributed by atoms with Crippen LogP contribution in [0.1, 0.15) is 231 Å². The van der Waals surface area contributed by atoms with Crippen molar-refractivity contribution in [3.63, 3.8) is 0 Å². The molecule has 0 radical (unpaired) electrons.